The molecule has 0 aliphatic carbocycles. The van der Waals surface area contributed by atoms with Crippen molar-refractivity contribution in [2.24, 2.45) is 5.73 Å². The monoisotopic (exact) mass is 334 g/mol. The molecule has 0 bridgehead atoms. The molecule has 3 N–H and O–H groups in total. The molecule has 0 saturated carbocycles. The van der Waals surface area contributed by atoms with Crippen molar-refractivity contribution in [3.05, 3.63) is 59.6 Å². The van der Waals surface area contributed by atoms with Gasteiger partial charge in [0.25, 0.3) is 0 Å². The molecule has 4 heteroatoms. The topological polar surface area (TPSA) is 59.1 Å². The van der Waals surface area contributed by atoms with E-state index in [0.717, 1.165) is 45.0 Å². The van der Waals surface area contributed by atoms with E-state index in [1.165, 1.54) is 5.56 Å². The van der Waals surface area contributed by atoms with E-state index in [0.29, 0.717) is 6.54 Å². The number of fused-ring (bicyclic) bond motifs is 3. The highest BCUT2D eigenvalue weighted by atomic mass is 32.1. The Labute approximate surface area is 144 Å². The first-order chi connectivity index (χ1) is 11.8. The number of aromatic nitrogens is 1. The zero-order chi connectivity index (χ0) is 16.5. The van der Waals surface area contributed by atoms with Gasteiger partial charge in [-0.05, 0) is 54.1 Å². The Kier molecular flexibility index (Phi) is 3.92. The average Bonchev–Trinajstić information content (AvgIpc) is 3.09. The molecule has 120 valence electrons. The number of pyridine rings is 1. The number of aromatic hydroxyl groups is 1. The fourth-order valence-corrected chi connectivity index (χ4v) is 3.91. The van der Waals surface area contributed by atoms with Crippen molar-refractivity contribution in [2.75, 3.05) is 6.54 Å². The van der Waals surface area contributed by atoms with Gasteiger partial charge in [-0.2, -0.15) is 0 Å². The SMILES string of the molecule is NCCCc1ccc(-c2c(O)ccc3ncc4sccc4c23)cc1. The van der Waals surface area contributed by atoms with Gasteiger partial charge in [-0.1, -0.05) is 24.3 Å². The summed E-state index contributed by atoms with van der Waals surface area (Å²) >= 11 is 1.67. The molecule has 2 aromatic carbocycles. The molecule has 0 saturated heterocycles. The zero-order valence-electron chi connectivity index (χ0n) is 13.2. The number of aryl methyl sites for hydroxylation is 1. The van der Waals surface area contributed by atoms with E-state index in [2.05, 4.69) is 40.7 Å². The lowest BCUT2D eigenvalue weighted by Gasteiger charge is -2.11. The molecule has 2 aromatic heterocycles. The van der Waals surface area contributed by atoms with Crippen molar-refractivity contribution < 1.29 is 5.11 Å². The van der Waals surface area contributed by atoms with Crippen LogP contribution in [0.15, 0.2) is 54.0 Å². The predicted octanol–water partition coefficient (Wildman–Crippen LogP) is 4.71. The summed E-state index contributed by atoms with van der Waals surface area (Å²) in [5.41, 5.74) is 9.62. The summed E-state index contributed by atoms with van der Waals surface area (Å²) in [5, 5.41) is 14.8. The van der Waals surface area contributed by atoms with E-state index in [-0.39, 0.29) is 5.75 Å². The second-order valence-electron chi connectivity index (χ2n) is 5.90. The highest BCUT2D eigenvalue weighted by molar-refractivity contribution is 7.17. The fourth-order valence-electron chi connectivity index (χ4n) is 3.15. The Hall–Kier alpha value is -2.43. The van der Waals surface area contributed by atoms with E-state index in [1.54, 1.807) is 17.4 Å². The Balaban J connectivity index is 1.92. The van der Waals surface area contributed by atoms with E-state index in [4.69, 9.17) is 5.73 Å². The molecular formula is C20H18N2OS. The Morgan fingerprint density at radius 3 is 2.67 bits per heavy atom. The molecule has 0 fully saturated rings. The van der Waals surface area contributed by atoms with Crippen LogP contribution in [0.3, 0.4) is 0 Å². The summed E-state index contributed by atoms with van der Waals surface area (Å²) in [4.78, 5) is 4.55. The maximum Gasteiger partial charge on any atom is 0.124 e. The van der Waals surface area contributed by atoms with Crippen LogP contribution in [-0.4, -0.2) is 16.6 Å². The van der Waals surface area contributed by atoms with E-state index in [1.807, 2.05) is 12.3 Å². The summed E-state index contributed by atoms with van der Waals surface area (Å²) in [5.74, 6) is 0.290. The number of benzene rings is 2. The summed E-state index contributed by atoms with van der Waals surface area (Å²) in [7, 11) is 0. The number of hydrogen-bond acceptors (Lipinski definition) is 4. The number of hydrogen-bond donors (Lipinski definition) is 2. The van der Waals surface area contributed by atoms with Crippen LogP contribution in [0.2, 0.25) is 0 Å². The van der Waals surface area contributed by atoms with Crippen LogP contribution in [0.1, 0.15) is 12.0 Å². The molecule has 0 radical (unpaired) electrons. The molecule has 0 amide bonds. The minimum atomic E-state index is 0.290. The lowest BCUT2D eigenvalue weighted by atomic mass is 9.96. The van der Waals surface area contributed by atoms with E-state index >= 15 is 0 Å². The van der Waals surface area contributed by atoms with Gasteiger partial charge in [0.1, 0.15) is 5.75 Å². The van der Waals surface area contributed by atoms with E-state index in [9.17, 15) is 5.11 Å². The molecule has 0 aliphatic rings. The van der Waals surface area contributed by atoms with Gasteiger partial charge in [0.2, 0.25) is 0 Å². The summed E-state index contributed by atoms with van der Waals surface area (Å²) < 4.78 is 1.13. The number of thiophene rings is 1. The molecule has 0 unspecified atom stereocenters. The number of nitrogens with two attached hydrogens (primary N) is 1. The van der Waals surface area contributed by atoms with Gasteiger partial charge in [-0.3, -0.25) is 4.98 Å². The van der Waals surface area contributed by atoms with Crippen molar-refractivity contribution >= 4 is 32.3 Å². The smallest absolute Gasteiger partial charge is 0.124 e. The number of nitrogens with zero attached hydrogens (tertiary/aromatic N) is 1. The largest absolute Gasteiger partial charge is 0.507 e. The van der Waals surface area contributed by atoms with E-state index < -0.39 is 0 Å². The molecule has 0 spiro atoms. The van der Waals surface area contributed by atoms with Crippen LogP contribution in [0.25, 0.3) is 32.1 Å². The van der Waals surface area contributed by atoms with Crippen molar-refractivity contribution in [1.82, 2.24) is 4.98 Å². The van der Waals surface area contributed by atoms with Crippen molar-refractivity contribution in [2.45, 2.75) is 12.8 Å². The Bertz CT molecular complexity index is 1010. The van der Waals surface area contributed by atoms with Crippen LogP contribution < -0.4 is 5.73 Å². The van der Waals surface area contributed by atoms with Gasteiger partial charge in [0, 0.05) is 22.5 Å². The van der Waals surface area contributed by atoms with Crippen molar-refractivity contribution in [3.8, 4) is 16.9 Å². The molecule has 24 heavy (non-hydrogen) atoms. The third kappa shape index (κ3) is 2.54. The van der Waals surface area contributed by atoms with Crippen LogP contribution in [-0.2, 0) is 6.42 Å². The lowest BCUT2D eigenvalue weighted by Crippen LogP contribution is -2.00. The molecule has 0 aliphatic heterocycles. The summed E-state index contributed by atoms with van der Waals surface area (Å²) in [6.45, 7) is 0.702. The van der Waals surface area contributed by atoms with Crippen LogP contribution in [0.5, 0.6) is 5.75 Å². The first-order valence-corrected chi connectivity index (χ1v) is 8.93. The third-order valence-electron chi connectivity index (χ3n) is 4.36. The predicted molar refractivity (Wildman–Crippen MR) is 102 cm³/mol. The molecular weight excluding hydrogens is 316 g/mol. The second kappa shape index (κ2) is 6.23. The second-order valence-corrected chi connectivity index (χ2v) is 6.85. The Morgan fingerprint density at radius 2 is 1.88 bits per heavy atom. The maximum atomic E-state index is 10.5. The highest BCUT2D eigenvalue weighted by Gasteiger charge is 2.14. The fraction of sp³-hybridized carbons (Fsp3) is 0.150. The first kappa shape index (κ1) is 15.1. The molecule has 0 atom stereocenters. The summed E-state index contributed by atoms with van der Waals surface area (Å²) in [6.07, 6.45) is 3.87. The van der Waals surface area contributed by atoms with Crippen LogP contribution >= 0.6 is 11.3 Å². The quantitative estimate of drug-likeness (QED) is 0.568. The normalized spacial score (nSPS) is 11.4. The molecule has 3 nitrogen and oxygen atoms in total. The van der Waals surface area contributed by atoms with Gasteiger partial charge in [-0.25, -0.2) is 0 Å². The van der Waals surface area contributed by atoms with Gasteiger partial charge in [0.05, 0.1) is 10.2 Å². The minimum absolute atomic E-state index is 0.290. The maximum absolute atomic E-state index is 10.5. The standard InChI is InChI=1S/C20H18N2OS/c21-10-1-2-13-3-5-14(6-4-13)19-17(23)8-7-16-20(19)15-9-11-24-18(15)12-22-16/h3-9,11-12,23H,1-2,10,21H2. The van der Waals surface area contributed by atoms with Gasteiger partial charge in [-0.15, -0.1) is 11.3 Å². The summed E-state index contributed by atoms with van der Waals surface area (Å²) in [6, 6.07) is 14.1. The molecule has 4 rings (SSSR count). The van der Waals surface area contributed by atoms with Crippen LogP contribution in [0, 0.1) is 0 Å². The van der Waals surface area contributed by atoms with Crippen molar-refractivity contribution in [1.29, 1.82) is 0 Å². The van der Waals surface area contributed by atoms with Crippen LogP contribution in [0.4, 0.5) is 0 Å². The average molecular weight is 334 g/mol. The zero-order valence-corrected chi connectivity index (χ0v) is 14.0. The molecule has 4 aromatic rings. The third-order valence-corrected chi connectivity index (χ3v) is 5.21. The van der Waals surface area contributed by atoms with Gasteiger partial charge >= 0.3 is 0 Å². The molecule has 2 heterocycles. The highest BCUT2D eigenvalue weighted by Crippen LogP contribution is 2.40. The first-order valence-electron chi connectivity index (χ1n) is 8.05. The number of rotatable bonds is 4. The minimum Gasteiger partial charge on any atom is -0.507 e. The van der Waals surface area contributed by atoms with Gasteiger partial charge in [0.15, 0.2) is 0 Å². The van der Waals surface area contributed by atoms with Gasteiger partial charge < -0.3 is 10.8 Å². The van der Waals surface area contributed by atoms with Crippen molar-refractivity contribution in [3.63, 3.8) is 0 Å². The number of phenolic OH excluding ortho intramolecular Hbond substituents is 1. The Morgan fingerprint density at radius 1 is 1.04 bits per heavy atom. The number of phenols is 1. The lowest BCUT2D eigenvalue weighted by molar-refractivity contribution is 0.478.